The van der Waals surface area contributed by atoms with E-state index in [1.165, 1.54) is 103 Å². The van der Waals surface area contributed by atoms with E-state index in [2.05, 4.69) is 81.4 Å². The summed E-state index contributed by atoms with van der Waals surface area (Å²) in [6, 6.07) is 15.0. The highest BCUT2D eigenvalue weighted by Crippen LogP contribution is 2.69. The number of carbonyl (C=O) groups is 2. The molecule has 0 N–H and O–H groups in total. The van der Waals surface area contributed by atoms with Crippen LogP contribution in [0.4, 0.5) is 0 Å². The first-order chi connectivity index (χ1) is 37.9. The number of hydrogen-bond acceptors (Lipinski definition) is 6. The van der Waals surface area contributed by atoms with E-state index in [9.17, 15) is 9.59 Å². The van der Waals surface area contributed by atoms with Gasteiger partial charge in [-0.25, -0.2) is 9.59 Å². The summed E-state index contributed by atoms with van der Waals surface area (Å²) in [6.45, 7) is 26.3. The highest BCUT2D eigenvalue weighted by atomic mass is 16.5. The van der Waals surface area contributed by atoms with E-state index in [0.29, 0.717) is 35.2 Å². The van der Waals surface area contributed by atoms with Crippen LogP contribution in [-0.2, 0) is 9.47 Å². The zero-order chi connectivity index (χ0) is 55.7. The van der Waals surface area contributed by atoms with Gasteiger partial charge in [-0.1, -0.05) is 131 Å². The number of ether oxygens (including phenoxy) is 4. The van der Waals surface area contributed by atoms with Crippen molar-refractivity contribution in [2.75, 3.05) is 13.2 Å². The smallest absolute Gasteiger partial charge is 0.338 e. The average Bonchev–Trinajstić information content (AvgIpc) is 4.23. The Morgan fingerprint density at radius 2 is 0.873 bits per heavy atom. The van der Waals surface area contributed by atoms with Crippen LogP contribution in [0.2, 0.25) is 0 Å². The van der Waals surface area contributed by atoms with E-state index in [1.807, 2.05) is 48.5 Å². The standard InChI is InChI=1S/C73H108O6/c1-48(2)16-14-18-50(5)62-32-34-64-60-30-24-54-46-58(36-40-70(54,7)66(60)38-42-72(62,64)9)78-68(74)52-20-26-56(27-21-52)76-44-12-11-13-45-77-57-28-22-53(23-29-57)69(75)79-59-37-41-71(8)55(47-59)25-31-61-65-35-33-63(51(6)19-15-17-49(3)4)73(65,10)43-39-67(61)71/h20-29,48-51,58-67H,11-19,30-47H2,1-10H3/t50-,51-,58?,59?,60+,61+,62-,63-,64+,65+,66+,67+,70+,71+,72-,73-/m1/s1. The van der Waals surface area contributed by atoms with Crippen LogP contribution in [0.25, 0.3) is 0 Å². The van der Waals surface area contributed by atoms with Crippen LogP contribution in [0, 0.1) is 92.7 Å². The first-order valence-electron chi connectivity index (χ1n) is 33.2. The molecule has 0 radical (unpaired) electrons. The lowest BCUT2D eigenvalue weighted by Gasteiger charge is -2.58. The Kier molecular flexibility index (Phi) is 18.4. The van der Waals surface area contributed by atoms with Crippen LogP contribution in [0.3, 0.4) is 0 Å². The second kappa shape index (κ2) is 24.7. The summed E-state index contributed by atoms with van der Waals surface area (Å²) >= 11 is 0. The van der Waals surface area contributed by atoms with Gasteiger partial charge in [0.1, 0.15) is 23.7 Å². The molecule has 2 unspecified atom stereocenters. The molecule has 16 atom stereocenters. The predicted octanol–water partition coefficient (Wildman–Crippen LogP) is 19.4. The van der Waals surface area contributed by atoms with Crippen LogP contribution < -0.4 is 9.47 Å². The summed E-state index contributed by atoms with van der Waals surface area (Å²) in [5, 5.41) is 0. The fourth-order valence-corrected chi connectivity index (χ4v) is 20.1. The number of esters is 2. The molecule has 6 saturated carbocycles. The number of fused-ring (bicyclic) bond motifs is 10. The normalized spacial score (nSPS) is 36.3. The van der Waals surface area contributed by atoms with Gasteiger partial charge in [0.2, 0.25) is 0 Å². The molecular weight excluding hydrogens is 973 g/mol. The quantitative estimate of drug-likeness (QED) is 0.0665. The van der Waals surface area contributed by atoms with Gasteiger partial charge in [-0.3, -0.25) is 0 Å². The van der Waals surface area contributed by atoms with Gasteiger partial charge in [-0.2, -0.15) is 0 Å². The molecule has 8 aliphatic carbocycles. The van der Waals surface area contributed by atoms with Crippen LogP contribution in [-0.4, -0.2) is 37.4 Å². The zero-order valence-electron chi connectivity index (χ0n) is 51.4. The third-order valence-electron chi connectivity index (χ3n) is 24.6. The first kappa shape index (κ1) is 58.6. The molecule has 0 aliphatic heterocycles. The van der Waals surface area contributed by atoms with E-state index in [-0.39, 0.29) is 35.0 Å². The van der Waals surface area contributed by atoms with Crippen molar-refractivity contribution < 1.29 is 28.5 Å². The van der Waals surface area contributed by atoms with Gasteiger partial charge in [0, 0.05) is 12.8 Å². The highest BCUT2D eigenvalue weighted by Gasteiger charge is 2.61. The van der Waals surface area contributed by atoms with Gasteiger partial charge in [0.15, 0.2) is 0 Å². The summed E-state index contributed by atoms with van der Waals surface area (Å²) in [5.74, 6) is 11.0. The number of rotatable bonds is 22. The number of hydrogen-bond donors (Lipinski definition) is 0. The molecule has 0 heterocycles. The molecule has 6 fully saturated rings. The van der Waals surface area contributed by atoms with Crippen molar-refractivity contribution in [1.82, 2.24) is 0 Å². The second-order valence-electron chi connectivity index (χ2n) is 29.9. The summed E-state index contributed by atoms with van der Waals surface area (Å²) in [6.07, 6.45) is 35.8. The summed E-state index contributed by atoms with van der Waals surface area (Å²) in [7, 11) is 0. The lowest BCUT2D eigenvalue weighted by molar-refractivity contribution is -0.0594. The Morgan fingerprint density at radius 1 is 0.468 bits per heavy atom. The lowest BCUT2D eigenvalue weighted by atomic mass is 9.47. The molecular formula is C73H108O6. The lowest BCUT2D eigenvalue weighted by Crippen LogP contribution is -2.51. The maximum absolute atomic E-state index is 13.5. The third-order valence-corrected chi connectivity index (χ3v) is 24.6. The van der Waals surface area contributed by atoms with Crippen molar-refractivity contribution in [1.29, 1.82) is 0 Å². The number of allylic oxidation sites excluding steroid dienone is 2. The van der Waals surface area contributed by atoms with Crippen molar-refractivity contribution in [3.63, 3.8) is 0 Å². The fourth-order valence-electron chi connectivity index (χ4n) is 20.1. The van der Waals surface area contributed by atoms with E-state index in [4.69, 9.17) is 18.9 Å². The molecule has 79 heavy (non-hydrogen) atoms. The van der Waals surface area contributed by atoms with E-state index in [1.54, 1.807) is 11.1 Å². The van der Waals surface area contributed by atoms with Crippen LogP contribution in [0.15, 0.2) is 71.8 Å². The SMILES string of the molecule is CC(C)CCC[C@@H](C)[C@H]1CC[C@H]2[C@@H]3CC=C4CC(OC(=O)c5ccc(OCCCCCOc6ccc(C(=O)OC7CC[C@@]8(C)C(=CC[C@H]9[C@@H]%10CC[C@H]([C@H](C)CCCC(C)C)[C@@]%10(C)CC[C@@H]98)C7)cc6)cc5)CC[C@]4(C)[C@H]3CC[C@]12C. The Hall–Kier alpha value is -3.54. The molecule has 0 spiro atoms. The molecule has 0 saturated heterocycles. The third kappa shape index (κ3) is 12.3. The maximum Gasteiger partial charge on any atom is 0.338 e. The number of benzene rings is 2. The fraction of sp³-hybridized carbons (Fsp3) is 0.753. The van der Waals surface area contributed by atoms with Gasteiger partial charge in [0.05, 0.1) is 24.3 Å². The van der Waals surface area contributed by atoms with E-state index >= 15 is 0 Å². The minimum absolute atomic E-state index is 0.0536. The summed E-state index contributed by atoms with van der Waals surface area (Å²) in [4.78, 5) is 26.9. The van der Waals surface area contributed by atoms with Crippen molar-refractivity contribution in [2.24, 2.45) is 92.7 Å². The van der Waals surface area contributed by atoms with E-state index in [0.717, 1.165) is 140 Å². The second-order valence-corrected chi connectivity index (χ2v) is 29.9. The molecule has 0 amide bonds. The Balaban J connectivity index is 0.603. The molecule has 2 aromatic rings. The van der Waals surface area contributed by atoms with Crippen molar-refractivity contribution in [3.05, 3.63) is 83.0 Å². The van der Waals surface area contributed by atoms with Crippen molar-refractivity contribution >= 4 is 11.9 Å². The maximum atomic E-state index is 13.5. The van der Waals surface area contributed by atoms with Crippen LogP contribution in [0.5, 0.6) is 11.5 Å². The van der Waals surface area contributed by atoms with E-state index < -0.39 is 0 Å². The molecule has 2 aromatic carbocycles. The van der Waals surface area contributed by atoms with Crippen molar-refractivity contribution in [2.45, 2.75) is 242 Å². The highest BCUT2D eigenvalue weighted by molar-refractivity contribution is 5.90. The predicted molar refractivity (Wildman–Crippen MR) is 322 cm³/mol. The molecule has 436 valence electrons. The summed E-state index contributed by atoms with van der Waals surface area (Å²) < 4.78 is 24.6. The Labute approximate surface area is 480 Å². The van der Waals surface area contributed by atoms with Crippen molar-refractivity contribution in [3.8, 4) is 11.5 Å². The molecule has 6 nitrogen and oxygen atoms in total. The largest absolute Gasteiger partial charge is 0.494 e. The van der Waals surface area contributed by atoms with Gasteiger partial charge in [-0.05, 0) is 250 Å². The number of unbranched alkanes of at least 4 members (excludes halogenated alkanes) is 2. The molecule has 0 aromatic heterocycles. The van der Waals surface area contributed by atoms with Crippen LogP contribution >= 0.6 is 0 Å². The molecule has 6 heteroatoms. The number of carbonyl (C=O) groups excluding carboxylic acids is 2. The first-order valence-corrected chi connectivity index (χ1v) is 33.2. The van der Waals surface area contributed by atoms with Gasteiger partial charge < -0.3 is 18.9 Å². The minimum Gasteiger partial charge on any atom is -0.494 e. The Morgan fingerprint density at radius 3 is 1.27 bits per heavy atom. The van der Waals surface area contributed by atoms with Gasteiger partial charge in [0.25, 0.3) is 0 Å². The molecule has 0 bridgehead atoms. The Bertz CT molecular complexity index is 2270. The van der Waals surface area contributed by atoms with Gasteiger partial charge in [-0.15, -0.1) is 0 Å². The van der Waals surface area contributed by atoms with Crippen LogP contribution in [0.1, 0.15) is 250 Å². The average molecular weight is 1080 g/mol. The zero-order valence-corrected chi connectivity index (χ0v) is 51.4. The molecule has 8 aliphatic rings. The summed E-state index contributed by atoms with van der Waals surface area (Å²) in [5.41, 5.74) is 5.80. The monoisotopic (exact) mass is 1080 g/mol. The molecule has 10 rings (SSSR count). The van der Waals surface area contributed by atoms with Gasteiger partial charge >= 0.3 is 11.9 Å². The minimum atomic E-state index is -0.223. The topological polar surface area (TPSA) is 71.1 Å².